The molecule has 0 bridgehead atoms. The molecule has 0 atom stereocenters. The zero-order chi connectivity index (χ0) is 40.0. The summed E-state index contributed by atoms with van der Waals surface area (Å²) in [5.41, 5.74) is 9.36. The Balaban J connectivity index is 0.000000795. The number of hydrogen-bond donors (Lipinski definition) is 2. The van der Waals surface area contributed by atoms with Gasteiger partial charge in [0.15, 0.2) is 5.82 Å². The molecule has 12 heteroatoms. The normalized spacial score (nSPS) is 14.4. The summed E-state index contributed by atoms with van der Waals surface area (Å²) >= 11 is 0. The van der Waals surface area contributed by atoms with Crippen LogP contribution in [0.3, 0.4) is 0 Å². The number of benzene rings is 1. The minimum absolute atomic E-state index is 0.0464. The first-order chi connectivity index (χ1) is 25.9. The Morgan fingerprint density at radius 3 is 2.39 bits per heavy atom. The number of nitrogens with one attached hydrogen (secondary N) is 2. The summed E-state index contributed by atoms with van der Waals surface area (Å²) in [4.78, 5) is 23.8. The predicted molar refractivity (Wildman–Crippen MR) is 217 cm³/mol. The molecule has 2 aliphatic rings. The van der Waals surface area contributed by atoms with Gasteiger partial charge in [-0.3, -0.25) is 14.5 Å². The van der Waals surface area contributed by atoms with E-state index in [-0.39, 0.29) is 24.1 Å². The number of alkyl halides is 2. The SMILES string of the molecule is CC.CC.CC(C)(C)C.CCc1c(N2CCCc3cc(-c4cn(CC(=O)NC)c5ccncc45)c(C(F)F)cc32)nn(C2CCOCC2)c1CCNOC. The van der Waals surface area contributed by atoms with Crippen molar-refractivity contribution < 1.29 is 23.1 Å². The van der Waals surface area contributed by atoms with Gasteiger partial charge in [0.2, 0.25) is 5.91 Å². The van der Waals surface area contributed by atoms with Crippen molar-refractivity contribution >= 4 is 28.3 Å². The molecule has 2 N–H and O–H groups in total. The second-order valence-electron chi connectivity index (χ2n) is 14.6. The fraction of sp³-hybridized carbons (Fsp3) is 0.595. The topological polar surface area (TPSA) is 98.5 Å². The number of anilines is 2. The maximum absolute atomic E-state index is 15.0. The van der Waals surface area contributed by atoms with Gasteiger partial charge in [-0.15, -0.1) is 0 Å². The van der Waals surface area contributed by atoms with Crippen molar-refractivity contribution in [1.82, 2.24) is 30.1 Å². The molecule has 1 fully saturated rings. The summed E-state index contributed by atoms with van der Waals surface area (Å²) in [5.74, 6) is 0.673. The number of likely N-dealkylation sites (N-methyl/N-ethyl adjacent to an activating group) is 1. The molecule has 0 unspecified atom stereocenters. The summed E-state index contributed by atoms with van der Waals surface area (Å²) < 4.78 is 39.5. The molecule has 4 aromatic rings. The summed E-state index contributed by atoms with van der Waals surface area (Å²) in [7, 11) is 3.19. The molecular weight excluding hydrogens is 689 g/mol. The third-order valence-electron chi connectivity index (χ3n) is 9.02. The molecule has 2 aliphatic heterocycles. The van der Waals surface area contributed by atoms with Crippen molar-refractivity contribution in [3.05, 3.63) is 59.2 Å². The van der Waals surface area contributed by atoms with Crippen LogP contribution in [0.15, 0.2) is 36.8 Å². The molecule has 1 saturated heterocycles. The Kier molecular flexibility index (Phi) is 17.5. The maximum atomic E-state index is 15.0. The number of halogens is 2. The Hall–Kier alpha value is -3.87. The van der Waals surface area contributed by atoms with Gasteiger partial charge in [0, 0.05) is 91.8 Å². The zero-order valence-electron chi connectivity index (χ0n) is 34.6. The number of hydrogen-bond acceptors (Lipinski definition) is 7. The lowest BCUT2D eigenvalue weighted by molar-refractivity contribution is -0.121. The van der Waals surface area contributed by atoms with E-state index in [2.05, 4.69) is 60.0 Å². The number of nitrogens with zero attached hydrogens (tertiary/aromatic N) is 5. The van der Waals surface area contributed by atoms with Gasteiger partial charge in [-0.1, -0.05) is 62.3 Å². The third kappa shape index (κ3) is 11.1. The largest absolute Gasteiger partial charge is 0.381 e. The number of carbonyl (C=O) groups excluding carboxylic acids is 1. The van der Waals surface area contributed by atoms with E-state index in [9.17, 15) is 13.6 Å². The van der Waals surface area contributed by atoms with Gasteiger partial charge in [-0.25, -0.2) is 14.3 Å². The number of aryl methyl sites for hydroxylation is 1. The second-order valence-corrected chi connectivity index (χ2v) is 14.6. The van der Waals surface area contributed by atoms with E-state index < -0.39 is 6.43 Å². The lowest BCUT2D eigenvalue weighted by Crippen LogP contribution is -2.27. The van der Waals surface area contributed by atoms with Crippen LogP contribution in [-0.2, 0) is 40.2 Å². The fourth-order valence-corrected chi connectivity index (χ4v) is 6.84. The number of aromatic nitrogens is 4. The van der Waals surface area contributed by atoms with Crippen LogP contribution in [0.2, 0.25) is 0 Å². The Morgan fingerprint density at radius 2 is 1.78 bits per heavy atom. The third-order valence-corrected chi connectivity index (χ3v) is 9.02. The summed E-state index contributed by atoms with van der Waals surface area (Å²) in [6.45, 7) is 21.7. The molecule has 1 amide bonds. The van der Waals surface area contributed by atoms with E-state index in [0.29, 0.717) is 42.8 Å². The van der Waals surface area contributed by atoms with E-state index in [1.165, 1.54) is 0 Å². The van der Waals surface area contributed by atoms with Crippen molar-refractivity contribution in [2.45, 2.75) is 120 Å². The summed E-state index contributed by atoms with van der Waals surface area (Å²) in [6, 6.07) is 5.61. The number of ether oxygens (including phenoxy) is 1. The zero-order valence-corrected chi connectivity index (χ0v) is 34.6. The minimum atomic E-state index is -2.70. The molecule has 10 nitrogen and oxygen atoms in total. The molecule has 0 radical (unpaired) electrons. The van der Waals surface area contributed by atoms with Crippen LogP contribution in [-0.4, -0.2) is 65.7 Å². The van der Waals surface area contributed by atoms with E-state index in [1.54, 1.807) is 43.4 Å². The monoisotopic (exact) mass is 754 g/mol. The van der Waals surface area contributed by atoms with Gasteiger partial charge in [0.05, 0.1) is 18.7 Å². The molecule has 54 heavy (non-hydrogen) atoms. The van der Waals surface area contributed by atoms with Gasteiger partial charge >= 0.3 is 0 Å². The number of amides is 1. The Morgan fingerprint density at radius 1 is 1.09 bits per heavy atom. The minimum Gasteiger partial charge on any atom is -0.381 e. The predicted octanol–water partition coefficient (Wildman–Crippen LogP) is 9.38. The highest BCUT2D eigenvalue weighted by atomic mass is 19.3. The average molecular weight is 754 g/mol. The molecule has 3 aromatic heterocycles. The van der Waals surface area contributed by atoms with Gasteiger partial charge < -0.3 is 24.4 Å². The molecule has 300 valence electrons. The standard InChI is InChI=1S/C33H41F2N7O3.C5H12.2C2H6/c1-4-23-29(8-12-38-44-3)42(22-9-14-45-15-10-22)39-33(23)41-13-5-6-21-16-24(25(32(34)35)17-30(21)41)27-19-40(20-31(43)36-2)28-7-11-37-18-26(27)28;1-5(2,3)4;2*1-2/h7,11,16-19,22,32,38H,4-6,8-10,12-15,20H2,1-3H3,(H,36,43);1-4H3;2*1-2H3. The number of pyridine rings is 1. The van der Waals surface area contributed by atoms with E-state index >= 15 is 0 Å². The smallest absolute Gasteiger partial charge is 0.264 e. The van der Waals surface area contributed by atoms with Crippen LogP contribution in [0.25, 0.3) is 22.0 Å². The quantitative estimate of drug-likeness (QED) is 0.116. The van der Waals surface area contributed by atoms with Gasteiger partial charge in [0.25, 0.3) is 6.43 Å². The van der Waals surface area contributed by atoms with Crippen LogP contribution < -0.4 is 15.7 Å². The number of rotatable bonds is 11. The molecular formula is C42H65F2N7O3. The highest BCUT2D eigenvalue weighted by Crippen LogP contribution is 2.44. The van der Waals surface area contributed by atoms with Gasteiger partial charge in [-0.2, -0.15) is 5.10 Å². The van der Waals surface area contributed by atoms with Crippen molar-refractivity contribution in [2.24, 2.45) is 5.41 Å². The van der Waals surface area contributed by atoms with Crippen LogP contribution >= 0.6 is 0 Å². The molecule has 0 spiro atoms. The van der Waals surface area contributed by atoms with Crippen molar-refractivity contribution in [3.8, 4) is 11.1 Å². The van der Waals surface area contributed by atoms with Crippen LogP contribution in [0, 0.1) is 5.41 Å². The molecule has 5 heterocycles. The lowest BCUT2D eigenvalue weighted by atomic mass is 9.91. The first-order valence-electron chi connectivity index (χ1n) is 19.7. The highest BCUT2D eigenvalue weighted by Gasteiger charge is 2.31. The van der Waals surface area contributed by atoms with Crippen LogP contribution in [0.5, 0.6) is 0 Å². The van der Waals surface area contributed by atoms with Crippen molar-refractivity contribution in [3.63, 3.8) is 0 Å². The fourth-order valence-electron chi connectivity index (χ4n) is 6.84. The number of fused-ring (bicyclic) bond motifs is 2. The summed E-state index contributed by atoms with van der Waals surface area (Å²) in [6.07, 6.45) is 7.32. The molecule has 0 aliphatic carbocycles. The van der Waals surface area contributed by atoms with Gasteiger partial charge in [0.1, 0.15) is 6.54 Å². The Labute approximate surface area is 322 Å². The van der Waals surface area contributed by atoms with Crippen LogP contribution in [0.1, 0.15) is 116 Å². The number of carbonyl (C=O) groups is 1. The molecule has 6 rings (SSSR count). The van der Waals surface area contributed by atoms with E-state index in [1.807, 2.05) is 39.8 Å². The highest BCUT2D eigenvalue weighted by molar-refractivity contribution is 5.97. The maximum Gasteiger partial charge on any atom is 0.264 e. The second kappa shape index (κ2) is 21.3. The molecule has 1 aromatic carbocycles. The van der Waals surface area contributed by atoms with E-state index in [4.69, 9.17) is 14.7 Å². The average Bonchev–Trinajstić information content (AvgIpc) is 3.73. The van der Waals surface area contributed by atoms with Crippen molar-refractivity contribution in [2.75, 3.05) is 45.4 Å². The van der Waals surface area contributed by atoms with Crippen LogP contribution in [0.4, 0.5) is 20.3 Å². The first kappa shape index (κ1) is 44.5. The Bertz CT molecular complexity index is 1750. The summed E-state index contributed by atoms with van der Waals surface area (Å²) in [5, 5.41) is 8.60. The number of hydroxylamine groups is 1. The van der Waals surface area contributed by atoms with E-state index in [0.717, 1.165) is 77.8 Å². The van der Waals surface area contributed by atoms with Crippen molar-refractivity contribution in [1.29, 1.82) is 0 Å². The van der Waals surface area contributed by atoms with Gasteiger partial charge in [-0.05, 0) is 66.8 Å². The molecule has 0 saturated carbocycles. The lowest BCUT2D eigenvalue weighted by Gasteiger charge is -2.32. The first-order valence-corrected chi connectivity index (χ1v) is 19.7.